The summed E-state index contributed by atoms with van der Waals surface area (Å²) in [5.74, 6) is 1.000. The van der Waals surface area contributed by atoms with Crippen LogP contribution in [0.5, 0.6) is 0 Å². The van der Waals surface area contributed by atoms with E-state index in [9.17, 15) is 9.18 Å². The minimum absolute atomic E-state index is 0.168. The van der Waals surface area contributed by atoms with E-state index in [1.807, 2.05) is 6.92 Å². The predicted octanol–water partition coefficient (Wildman–Crippen LogP) is 3.21. The van der Waals surface area contributed by atoms with Gasteiger partial charge in [0.1, 0.15) is 11.6 Å². The van der Waals surface area contributed by atoms with Gasteiger partial charge in [0.05, 0.1) is 11.8 Å². The third-order valence-electron chi connectivity index (χ3n) is 4.38. The number of carbonyl (C=O) groups is 1. The van der Waals surface area contributed by atoms with Crippen molar-refractivity contribution in [1.82, 2.24) is 10.3 Å². The van der Waals surface area contributed by atoms with Crippen LogP contribution in [0, 0.1) is 17.7 Å². The normalized spacial score (nSPS) is 25.4. The number of hydrogen-bond donors (Lipinski definition) is 2. The Hall–Kier alpha value is -1.65. The summed E-state index contributed by atoms with van der Waals surface area (Å²) in [7, 11) is 0. The van der Waals surface area contributed by atoms with Gasteiger partial charge >= 0.3 is 0 Å². The summed E-state index contributed by atoms with van der Waals surface area (Å²) in [6, 6.07) is 1.41. The molecule has 1 saturated carbocycles. The van der Waals surface area contributed by atoms with Crippen LogP contribution in [0.3, 0.4) is 0 Å². The first-order chi connectivity index (χ1) is 10.0. The number of nitrogens with one attached hydrogen (secondary N) is 2. The average molecular weight is 293 g/mol. The molecule has 2 rings (SSSR count). The molecule has 0 radical (unpaired) electrons. The molecular formula is C16H24FN3O. The fraction of sp³-hybridized carbons (Fsp3) is 0.625. The fourth-order valence-corrected chi connectivity index (χ4v) is 2.86. The highest BCUT2D eigenvalue weighted by Crippen LogP contribution is 2.29. The number of anilines is 1. The van der Waals surface area contributed by atoms with Crippen LogP contribution >= 0.6 is 0 Å². The Morgan fingerprint density at radius 1 is 1.38 bits per heavy atom. The SMILES string of the molecule is CCNc1ncc(F)cc1C(=O)NC1CCC(C)C(C)C1. The maximum Gasteiger partial charge on any atom is 0.255 e. The maximum atomic E-state index is 13.4. The van der Waals surface area contributed by atoms with E-state index in [4.69, 9.17) is 0 Å². The lowest BCUT2D eigenvalue weighted by Gasteiger charge is -2.32. The number of halogens is 1. The van der Waals surface area contributed by atoms with Crippen LogP contribution in [-0.4, -0.2) is 23.5 Å². The molecule has 0 saturated heterocycles. The number of hydrogen-bond acceptors (Lipinski definition) is 3. The quantitative estimate of drug-likeness (QED) is 0.896. The van der Waals surface area contributed by atoms with Crippen molar-refractivity contribution in [1.29, 1.82) is 0 Å². The number of pyridine rings is 1. The highest BCUT2D eigenvalue weighted by molar-refractivity contribution is 5.98. The zero-order chi connectivity index (χ0) is 15.4. The third kappa shape index (κ3) is 3.93. The molecule has 0 spiro atoms. The first kappa shape index (κ1) is 15.7. The lowest BCUT2D eigenvalue weighted by atomic mass is 9.79. The Balaban J connectivity index is 2.08. The summed E-state index contributed by atoms with van der Waals surface area (Å²) in [5, 5.41) is 6.03. The topological polar surface area (TPSA) is 54.0 Å². The van der Waals surface area contributed by atoms with Crippen LogP contribution in [0.1, 0.15) is 50.4 Å². The zero-order valence-corrected chi connectivity index (χ0v) is 12.9. The number of carbonyl (C=O) groups excluding carboxylic acids is 1. The van der Waals surface area contributed by atoms with Crippen LogP contribution in [0.4, 0.5) is 10.2 Å². The van der Waals surface area contributed by atoms with Gasteiger partial charge in [0.15, 0.2) is 0 Å². The third-order valence-corrected chi connectivity index (χ3v) is 4.38. The van der Waals surface area contributed by atoms with Gasteiger partial charge in [0.25, 0.3) is 5.91 Å². The summed E-state index contributed by atoms with van der Waals surface area (Å²) >= 11 is 0. The molecule has 1 fully saturated rings. The molecular weight excluding hydrogens is 269 g/mol. The van der Waals surface area contributed by atoms with Gasteiger partial charge in [0.2, 0.25) is 0 Å². The Morgan fingerprint density at radius 3 is 2.81 bits per heavy atom. The summed E-state index contributed by atoms with van der Waals surface area (Å²) in [4.78, 5) is 16.4. The molecule has 2 N–H and O–H groups in total. The van der Waals surface area contributed by atoms with Gasteiger partial charge in [-0.1, -0.05) is 13.8 Å². The second kappa shape index (κ2) is 6.87. The molecule has 0 aromatic carbocycles. The average Bonchev–Trinajstić information content (AvgIpc) is 2.45. The minimum Gasteiger partial charge on any atom is -0.370 e. The van der Waals surface area contributed by atoms with Crippen LogP contribution in [0.25, 0.3) is 0 Å². The van der Waals surface area contributed by atoms with Crippen molar-refractivity contribution >= 4 is 11.7 Å². The molecule has 1 aromatic rings. The molecule has 1 aliphatic carbocycles. The van der Waals surface area contributed by atoms with Gasteiger partial charge in [0, 0.05) is 12.6 Å². The molecule has 3 atom stereocenters. The Labute approximate surface area is 125 Å². The number of aromatic nitrogens is 1. The summed E-state index contributed by atoms with van der Waals surface area (Å²) in [6.07, 6.45) is 4.20. The molecule has 1 aliphatic rings. The molecule has 1 aromatic heterocycles. The smallest absolute Gasteiger partial charge is 0.255 e. The van der Waals surface area contributed by atoms with Crippen molar-refractivity contribution in [2.24, 2.45) is 11.8 Å². The van der Waals surface area contributed by atoms with E-state index in [1.54, 1.807) is 0 Å². The molecule has 0 bridgehead atoms. The van der Waals surface area contributed by atoms with Gasteiger partial charge in [-0.3, -0.25) is 4.79 Å². The van der Waals surface area contributed by atoms with Crippen molar-refractivity contribution in [2.75, 3.05) is 11.9 Å². The van der Waals surface area contributed by atoms with Crippen molar-refractivity contribution in [3.05, 3.63) is 23.6 Å². The predicted molar refractivity (Wildman–Crippen MR) is 81.8 cm³/mol. The van der Waals surface area contributed by atoms with Crippen LogP contribution in [0.15, 0.2) is 12.3 Å². The highest BCUT2D eigenvalue weighted by Gasteiger charge is 2.26. The lowest BCUT2D eigenvalue weighted by Crippen LogP contribution is -2.40. The number of rotatable bonds is 4. The molecule has 4 nitrogen and oxygen atoms in total. The van der Waals surface area contributed by atoms with E-state index < -0.39 is 5.82 Å². The standard InChI is InChI=1S/C16H24FN3O/c1-4-18-15-14(8-12(17)9-19-15)16(21)20-13-6-5-10(2)11(3)7-13/h8-11,13H,4-7H2,1-3H3,(H,18,19)(H,20,21). The molecule has 116 valence electrons. The highest BCUT2D eigenvalue weighted by atomic mass is 19.1. The largest absolute Gasteiger partial charge is 0.370 e. The van der Waals surface area contributed by atoms with Crippen molar-refractivity contribution in [3.63, 3.8) is 0 Å². The van der Waals surface area contributed by atoms with Crippen molar-refractivity contribution < 1.29 is 9.18 Å². The van der Waals surface area contributed by atoms with Crippen molar-refractivity contribution in [3.8, 4) is 0 Å². The second-order valence-electron chi connectivity index (χ2n) is 6.02. The lowest BCUT2D eigenvalue weighted by molar-refractivity contribution is 0.0910. The van der Waals surface area contributed by atoms with Gasteiger partial charge in [-0.2, -0.15) is 0 Å². The van der Waals surface area contributed by atoms with E-state index in [1.165, 1.54) is 6.07 Å². The Bertz CT molecular complexity index is 506. The van der Waals surface area contributed by atoms with Gasteiger partial charge in [-0.15, -0.1) is 0 Å². The first-order valence-corrected chi connectivity index (χ1v) is 7.71. The van der Waals surface area contributed by atoms with Crippen LogP contribution in [0.2, 0.25) is 0 Å². The fourth-order valence-electron chi connectivity index (χ4n) is 2.86. The maximum absolute atomic E-state index is 13.4. The van der Waals surface area contributed by atoms with E-state index in [-0.39, 0.29) is 17.5 Å². The summed E-state index contributed by atoms with van der Waals surface area (Å²) in [6.45, 7) is 7.02. The van der Waals surface area contributed by atoms with Crippen molar-refractivity contribution in [2.45, 2.75) is 46.1 Å². The van der Waals surface area contributed by atoms with E-state index in [2.05, 4.69) is 29.5 Å². The van der Waals surface area contributed by atoms with Crippen LogP contribution < -0.4 is 10.6 Å². The second-order valence-corrected chi connectivity index (χ2v) is 6.02. The minimum atomic E-state index is -0.493. The number of amides is 1. The summed E-state index contributed by atoms with van der Waals surface area (Å²) < 4.78 is 13.4. The molecule has 1 heterocycles. The van der Waals surface area contributed by atoms with E-state index >= 15 is 0 Å². The van der Waals surface area contributed by atoms with E-state index in [0.717, 1.165) is 25.5 Å². The Kier molecular flexibility index (Phi) is 5.15. The Morgan fingerprint density at radius 2 is 2.14 bits per heavy atom. The molecule has 21 heavy (non-hydrogen) atoms. The zero-order valence-electron chi connectivity index (χ0n) is 12.9. The van der Waals surface area contributed by atoms with Gasteiger partial charge in [-0.05, 0) is 44.1 Å². The molecule has 5 heteroatoms. The van der Waals surface area contributed by atoms with Crippen LogP contribution in [-0.2, 0) is 0 Å². The molecule has 3 unspecified atom stereocenters. The first-order valence-electron chi connectivity index (χ1n) is 7.71. The number of nitrogens with zero attached hydrogens (tertiary/aromatic N) is 1. The molecule has 1 amide bonds. The monoisotopic (exact) mass is 293 g/mol. The van der Waals surface area contributed by atoms with Gasteiger partial charge < -0.3 is 10.6 Å². The van der Waals surface area contributed by atoms with Gasteiger partial charge in [-0.25, -0.2) is 9.37 Å². The summed E-state index contributed by atoms with van der Waals surface area (Å²) in [5.41, 5.74) is 0.281. The molecule has 0 aliphatic heterocycles. The van der Waals surface area contributed by atoms with E-state index in [0.29, 0.717) is 24.2 Å².